The molecule has 1 saturated carbocycles. The number of rotatable bonds is 2. The minimum absolute atomic E-state index is 0.0274. The summed E-state index contributed by atoms with van der Waals surface area (Å²) >= 11 is 0. The van der Waals surface area contributed by atoms with E-state index in [9.17, 15) is 0 Å². The van der Waals surface area contributed by atoms with Crippen LogP contribution in [-0.4, -0.2) is 46.4 Å². The summed E-state index contributed by atoms with van der Waals surface area (Å²) < 4.78 is 7.37. The highest BCUT2D eigenvalue weighted by Gasteiger charge is 2.65. The summed E-state index contributed by atoms with van der Waals surface area (Å²) in [5, 5.41) is 8.56. The second-order valence-corrected chi connectivity index (χ2v) is 11.4. The number of hydrogen-bond donors (Lipinski definition) is 1. The predicted molar refractivity (Wildman–Crippen MR) is 128 cm³/mol. The Morgan fingerprint density at radius 1 is 1.19 bits per heavy atom. The molecule has 1 aromatic heterocycles. The first-order valence-corrected chi connectivity index (χ1v) is 12.4. The summed E-state index contributed by atoms with van der Waals surface area (Å²) in [4.78, 5) is 2.41. The monoisotopic (exact) mass is 427 g/mol. The minimum Gasteiger partial charge on any atom is -0.359 e. The molecule has 5 aliphatic rings. The summed E-state index contributed by atoms with van der Waals surface area (Å²) in [5.41, 5.74) is 7.01. The van der Waals surface area contributed by atoms with Crippen LogP contribution in [0.25, 0.3) is 16.5 Å². The van der Waals surface area contributed by atoms with Crippen molar-refractivity contribution in [2.24, 2.45) is 11.3 Å². The molecule has 2 spiro atoms. The van der Waals surface area contributed by atoms with Gasteiger partial charge < -0.3 is 9.64 Å². The maximum atomic E-state index is 7.37. The van der Waals surface area contributed by atoms with Crippen molar-refractivity contribution in [2.75, 3.05) is 14.1 Å². The van der Waals surface area contributed by atoms with E-state index in [2.05, 4.69) is 72.5 Å². The zero-order valence-electron chi connectivity index (χ0n) is 19.4. The van der Waals surface area contributed by atoms with Crippen LogP contribution in [0.4, 0.5) is 0 Å². The zero-order chi connectivity index (χ0) is 21.7. The molecule has 166 valence electrons. The number of ether oxygens (including phenoxy) is 1. The molecule has 4 nitrogen and oxygen atoms in total. The molecule has 0 unspecified atom stereocenters. The number of fused-ring (bicyclic) bond motifs is 2. The number of benzene rings is 1. The maximum Gasteiger partial charge on any atom is 0.0980 e. The Balaban J connectivity index is 1.29. The van der Waals surface area contributed by atoms with E-state index < -0.39 is 0 Å². The fourth-order valence-corrected chi connectivity index (χ4v) is 7.96. The van der Waals surface area contributed by atoms with Crippen molar-refractivity contribution in [3.63, 3.8) is 0 Å². The molecule has 0 radical (unpaired) electrons. The molecule has 5 atom stereocenters. The lowest BCUT2D eigenvalue weighted by atomic mass is 9.58. The highest BCUT2D eigenvalue weighted by molar-refractivity contribution is 5.84. The number of aromatic amines is 1. The van der Waals surface area contributed by atoms with Crippen LogP contribution < -0.4 is 0 Å². The lowest BCUT2D eigenvalue weighted by molar-refractivity contribution is -0.134. The molecule has 4 heteroatoms. The largest absolute Gasteiger partial charge is 0.359 e. The Hall–Kier alpha value is -2.17. The highest BCUT2D eigenvalue weighted by atomic mass is 16.5. The number of nitrogens with one attached hydrogen (secondary N) is 1. The van der Waals surface area contributed by atoms with Gasteiger partial charge in [-0.15, -0.1) is 0 Å². The Bertz CT molecular complexity index is 1220. The molecule has 2 fully saturated rings. The summed E-state index contributed by atoms with van der Waals surface area (Å²) in [6, 6.07) is 7.40. The van der Waals surface area contributed by atoms with Gasteiger partial charge >= 0.3 is 0 Å². The number of aromatic nitrogens is 2. The second-order valence-electron chi connectivity index (χ2n) is 11.4. The van der Waals surface area contributed by atoms with Crippen LogP contribution in [0.15, 0.2) is 53.8 Å². The van der Waals surface area contributed by atoms with Gasteiger partial charge in [0.25, 0.3) is 0 Å². The van der Waals surface area contributed by atoms with Crippen LogP contribution in [0.1, 0.15) is 57.4 Å². The van der Waals surface area contributed by atoms with Crippen molar-refractivity contribution < 1.29 is 4.74 Å². The number of nitrogens with zero attached hydrogens (tertiary/aromatic N) is 2. The topological polar surface area (TPSA) is 41.2 Å². The first kappa shape index (κ1) is 19.3. The molecular weight excluding hydrogens is 394 g/mol. The van der Waals surface area contributed by atoms with Crippen LogP contribution in [0.5, 0.6) is 0 Å². The van der Waals surface area contributed by atoms with Gasteiger partial charge in [0.1, 0.15) is 0 Å². The van der Waals surface area contributed by atoms with Gasteiger partial charge in [-0.05, 0) is 87.4 Å². The van der Waals surface area contributed by atoms with Crippen LogP contribution in [0.2, 0.25) is 0 Å². The average molecular weight is 428 g/mol. The Morgan fingerprint density at radius 3 is 2.97 bits per heavy atom. The van der Waals surface area contributed by atoms with E-state index in [1.807, 2.05) is 6.20 Å². The third-order valence-electron chi connectivity index (χ3n) is 9.73. The van der Waals surface area contributed by atoms with Gasteiger partial charge in [0.15, 0.2) is 0 Å². The quantitative estimate of drug-likeness (QED) is 0.674. The molecule has 3 aliphatic carbocycles. The standard InChI is InChI=1S/C28H33N3O/c1-26-11-10-21-15-20-6-7-22(31(2)3)16-27(20)12-13-28(21,32-27)25(26)9-8-23(26)18-4-5-19-17-29-30-24(19)14-18/h4-5,8,10,14-15,17,22,25H,6-7,9,11-13,16H2,1-3H3,(H,29,30)/t22-,25-,26-,27-,28-/m1/s1. The van der Waals surface area contributed by atoms with Crippen molar-refractivity contribution in [1.82, 2.24) is 15.1 Å². The SMILES string of the molecule is CN(C)[C@@H]1CCC2=CC3=CC[C@]4(C)C(c5ccc6cn[nH]c6c5)=CC[C@H]4[C@@]34CC[C@]2(C1)O4. The molecule has 0 amide bonds. The zero-order valence-corrected chi connectivity index (χ0v) is 19.4. The lowest BCUT2D eigenvalue weighted by Crippen LogP contribution is -2.54. The van der Waals surface area contributed by atoms with E-state index in [1.165, 1.54) is 47.8 Å². The lowest BCUT2D eigenvalue weighted by Gasteiger charge is -2.54. The Labute approximate surface area is 190 Å². The first-order valence-electron chi connectivity index (χ1n) is 12.4. The van der Waals surface area contributed by atoms with Crippen LogP contribution in [0, 0.1) is 11.3 Å². The molecule has 1 N–H and O–H groups in total. The fraction of sp³-hybridized carbons (Fsp3) is 0.536. The summed E-state index contributed by atoms with van der Waals surface area (Å²) in [5.74, 6) is 0.513. The van der Waals surface area contributed by atoms with E-state index in [4.69, 9.17) is 4.74 Å². The molecule has 2 bridgehead atoms. The van der Waals surface area contributed by atoms with E-state index in [0.29, 0.717) is 12.0 Å². The van der Waals surface area contributed by atoms with Crippen LogP contribution in [-0.2, 0) is 4.74 Å². The van der Waals surface area contributed by atoms with Crippen molar-refractivity contribution >= 4 is 16.5 Å². The van der Waals surface area contributed by atoms with Crippen molar-refractivity contribution in [3.8, 4) is 0 Å². The molecule has 1 aromatic carbocycles. The number of hydrogen-bond acceptors (Lipinski definition) is 3. The van der Waals surface area contributed by atoms with Gasteiger partial charge in [0.05, 0.1) is 22.9 Å². The fourth-order valence-electron chi connectivity index (χ4n) is 7.96. The summed E-state index contributed by atoms with van der Waals surface area (Å²) in [7, 11) is 4.46. The third kappa shape index (κ3) is 2.32. The first-order chi connectivity index (χ1) is 15.4. The van der Waals surface area contributed by atoms with Crippen molar-refractivity contribution in [2.45, 2.75) is 69.1 Å². The van der Waals surface area contributed by atoms with Gasteiger partial charge in [0, 0.05) is 22.8 Å². The summed E-state index contributed by atoms with van der Waals surface area (Å²) in [6.45, 7) is 2.49. The highest BCUT2D eigenvalue weighted by Crippen LogP contribution is 2.67. The average Bonchev–Trinajstić information content (AvgIpc) is 3.47. The van der Waals surface area contributed by atoms with Crippen molar-refractivity contribution in [1.29, 1.82) is 0 Å². The van der Waals surface area contributed by atoms with Crippen molar-refractivity contribution in [3.05, 3.63) is 59.3 Å². The van der Waals surface area contributed by atoms with E-state index in [0.717, 1.165) is 24.8 Å². The molecule has 2 aliphatic heterocycles. The van der Waals surface area contributed by atoms with Gasteiger partial charge in [-0.3, -0.25) is 5.10 Å². The maximum absolute atomic E-state index is 7.37. The van der Waals surface area contributed by atoms with Gasteiger partial charge in [-0.1, -0.05) is 37.3 Å². The van der Waals surface area contributed by atoms with E-state index in [1.54, 1.807) is 5.57 Å². The Kier molecular flexibility index (Phi) is 3.76. The van der Waals surface area contributed by atoms with Crippen LogP contribution in [0.3, 0.4) is 0 Å². The van der Waals surface area contributed by atoms with E-state index in [-0.39, 0.29) is 16.6 Å². The van der Waals surface area contributed by atoms with Crippen LogP contribution >= 0.6 is 0 Å². The predicted octanol–water partition coefficient (Wildman–Crippen LogP) is 5.64. The minimum atomic E-state index is -0.110. The molecule has 32 heavy (non-hydrogen) atoms. The van der Waals surface area contributed by atoms with E-state index >= 15 is 0 Å². The molecule has 3 heterocycles. The number of allylic oxidation sites excluding steroid dienone is 3. The van der Waals surface area contributed by atoms with Gasteiger partial charge in [-0.25, -0.2) is 0 Å². The molecule has 1 saturated heterocycles. The molecule has 2 aromatic rings. The second kappa shape index (κ2) is 6.24. The normalized spacial score (nSPS) is 39.9. The smallest absolute Gasteiger partial charge is 0.0980 e. The Morgan fingerprint density at radius 2 is 2.09 bits per heavy atom. The number of H-pyrrole nitrogens is 1. The molecular formula is C28H33N3O. The third-order valence-corrected chi connectivity index (χ3v) is 9.73. The summed E-state index contributed by atoms with van der Waals surface area (Å²) in [6.07, 6.45) is 17.7. The van der Waals surface area contributed by atoms with Gasteiger partial charge in [0.2, 0.25) is 0 Å². The molecule has 7 rings (SSSR count). The van der Waals surface area contributed by atoms with Gasteiger partial charge in [-0.2, -0.15) is 5.10 Å².